The second kappa shape index (κ2) is 5.85. The Morgan fingerprint density at radius 3 is 2.87 bits per heavy atom. The van der Waals surface area contributed by atoms with Crippen LogP contribution in [0.3, 0.4) is 0 Å². The first-order chi connectivity index (χ1) is 11.2. The Morgan fingerprint density at radius 2 is 2.04 bits per heavy atom. The van der Waals surface area contributed by atoms with Crippen LogP contribution in [-0.2, 0) is 0 Å². The molecule has 1 aliphatic carbocycles. The van der Waals surface area contributed by atoms with E-state index in [1.165, 1.54) is 30.9 Å². The van der Waals surface area contributed by atoms with Crippen molar-refractivity contribution in [2.45, 2.75) is 17.7 Å². The molecule has 4 rings (SSSR count). The number of hydrogen-bond acceptors (Lipinski definition) is 4. The molecule has 0 spiro atoms. The fraction of sp³-hybridized carbons (Fsp3) is 0.235. The summed E-state index contributed by atoms with van der Waals surface area (Å²) in [5.74, 6) is 0.491. The molecule has 118 valence electrons. The van der Waals surface area contributed by atoms with Gasteiger partial charge in [0.15, 0.2) is 0 Å². The summed E-state index contributed by atoms with van der Waals surface area (Å²) in [5.41, 5.74) is 1.64. The number of guanidine groups is 1. The normalized spacial score (nSPS) is 16.3. The van der Waals surface area contributed by atoms with Gasteiger partial charge in [0.05, 0.1) is 10.6 Å². The van der Waals surface area contributed by atoms with Gasteiger partial charge in [0.25, 0.3) is 0 Å². The first-order valence-electron chi connectivity index (χ1n) is 7.55. The third-order valence-electron chi connectivity index (χ3n) is 3.98. The van der Waals surface area contributed by atoms with Crippen molar-refractivity contribution >= 4 is 23.6 Å². The molecule has 0 atom stereocenters. The average molecular weight is 331 g/mol. The summed E-state index contributed by atoms with van der Waals surface area (Å²) >= 11 is 1.33. The fourth-order valence-corrected chi connectivity index (χ4v) is 3.23. The molecule has 2 aromatic rings. The number of rotatable bonds is 3. The molecule has 0 amide bonds. The molecule has 0 saturated heterocycles. The van der Waals surface area contributed by atoms with Crippen molar-refractivity contribution in [3.63, 3.8) is 0 Å². The number of fused-ring (bicyclic) bond motifs is 1. The topological polar surface area (TPSA) is 36.4 Å². The quantitative estimate of drug-likeness (QED) is 0.818. The van der Waals surface area contributed by atoms with Crippen LogP contribution in [-0.4, -0.2) is 12.5 Å². The van der Waals surface area contributed by atoms with E-state index in [1.807, 2.05) is 12.1 Å². The number of halogens is 2. The second-order valence-electron chi connectivity index (χ2n) is 5.78. The molecule has 2 aliphatic rings. The molecule has 0 unspecified atom stereocenters. The lowest BCUT2D eigenvalue weighted by Gasteiger charge is -2.21. The zero-order valence-corrected chi connectivity index (χ0v) is 13.1. The summed E-state index contributed by atoms with van der Waals surface area (Å²) in [6, 6.07) is 9.02. The highest BCUT2D eigenvalue weighted by Gasteiger charge is 2.23. The van der Waals surface area contributed by atoms with Gasteiger partial charge in [-0.2, -0.15) is 4.40 Å². The van der Waals surface area contributed by atoms with Gasteiger partial charge in [0.1, 0.15) is 11.6 Å². The number of para-hydroxylation sites is 1. The van der Waals surface area contributed by atoms with E-state index in [4.69, 9.17) is 0 Å². The van der Waals surface area contributed by atoms with Crippen molar-refractivity contribution in [3.8, 4) is 11.1 Å². The largest absolute Gasteiger partial charge is 0.355 e. The minimum Gasteiger partial charge on any atom is -0.355 e. The number of nitrogens with one attached hydrogen (secondary N) is 2. The molecule has 1 fully saturated rings. The molecule has 0 bridgehead atoms. The van der Waals surface area contributed by atoms with Gasteiger partial charge in [0, 0.05) is 29.6 Å². The van der Waals surface area contributed by atoms with Crippen molar-refractivity contribution in [3.05, 3.63) is 48.0 Å². The first kappa shape index (κ1) is 14.5. The smallest absolute Gasteiger partial charge is 0.207 e. The van der Waals surface area contributed by atoms with Crippen LogP contribution in [0.5, 0.6) is 0 Å². The van der Waals surface area contributed by atoms with E-state index < -0.39 is 11.6 Å². The molecule has 2 aromatic carbocycles. The Hall–Kier alpha value is -2.08. The van der Waals surface area contributed by atoms with Crippen LogP contribution in [0.4, 0.5) is 14.5 Å². The molecule has 1 saturated carbocycles. The minimum atomic E-state index is -0.455. The van der Waals surface area contributed by atoms with E-state index in [0.717, 1.165) is 35.2 Å². The van der Waals surface area contributed by atoms with Crippen molar-refractivity contribution < 1.29 is 8.78 Å². The van der Waals surface area contributed by atoms with E-state index in [1.54, 1.807) is 6.07 Å². The molecule has 6 heteroatoms. The average Bonchev–Trinajstić information content (AvgIpc) is 3.39. The van der Waals surface area contributed by atoms with Gasteiger partial charge < -0.3 is 10.6 Å². The maximum atomic E-state index is 14.1. The van der Waals surface area contributed by atoms with Crippen LogP contribution in [0.2, 0.25) is 0 Å². The van der Waals surface area contributed by atoms with Gasteiger partial charge in [-0.25, -0.2) is 8.78 Å². The molecular formula is C17H15F2N3S. The van der Waals surface area contributed by atoms with Gasteiger partial charge in [-0.05, 0) is 43.0 Å². The van der Waals surface area contributed by atoms with Crippen LogP contribution >= 0.6 is 11.9 Å². The Labute approximate surface area is 137 Å². The number of anilines is 1. The SMILES string of the molecule is Fc1ccc(F)c(-c2cccc3c2NC(NCC2CC2)=NS3)c1. The van der Waals surface area contributed by atoms with Crippen LogP contribution in [0.15, 0.2) is 45.7 Å². The Bertz CT molecular complexity index is 787. The molecule has 1 aliphatic heterocycles. The third-order valence-corrected chi connectivity index (χ3v) is 4.79. The van der Waals surface area contributed by atoms with Crippen LogP contribution in [0.1, 0.15) is 12.8 Å². The second-order valence-corrected chi connectivity index (χ2v) is 6.59. The maximum Gasteiger partial charge on any atom is 0.207 e. The molecule has 23 heavy (non-hydrogen) atoms. The van der Waals surface area contributed by atoms with Crippen molar-refractivity contribution in [1.82, 2.24) is 5.32 Å². The zero-order valence-electron chi connectivity index (χ0n) is 12.3. The van der Waals surface area contributed by atoms with E-state index in [0.29, 0.717) is 11.5 Å². The molecule has 0 radical (unpaired) electrons. The predicted molar refractivity (Wildman–Crippen MR) is 89.4 cm³/mol. The van der Waals surface area contributed by atoms with Crippen molar-refractivity contribution in [2.75, 3.05) is 11.9 Å². The summed E-state index contributed by atoms with van der Waals surface area (Å²) in [5, 5.41) is 6.50. The standard InChI is InChI=1S/C17H15F2N3S/c18-11-6-7-14(19)13(8-11)12-2-1-3-15-16(12)21-17(22-23-15)20-9-10-4-5-10/h1-3,6-8,10H,4-5,9H2,(H2,20,21,22). The lowest BCUT2D eigenvalue weighted by atomic mass is 10.0. The number of nitrogens with zero attached hydrogens (tertiary/aromatic N) is 1. The summed E-state index contributed by atoms with van der Waals surface area (Å²) in [6.45, 7) is 0.887. The highest BCUT2D eigenvalue weighted by Crippen LogP contribution is 2.40. The van der Waals surface area contributed by atoms with Crippen LogP contribution in [0.25, 0.3) is 11.1 Å². The van der Waals surface area contributed by atoms with Gasteiger partial charge in [-0.15, -0.1) is 0 Å². The number of hydrogen-bond donors (Lipinski definition) is 2. The van der Waals surface area contributed by atoms with Crippen LogP contribution in [0, 0.1) is 17.6 Å². The van der Waals surface area contributed by atoms with Crippen molar-refractivity contribution in [2.24, 2.45) is 10.3 Å². The van der Waals surface area contributed by atoms with E-state index in [-0.39, 0.29) is 5.56 Å². The molecule has 2 N–H and O–H groups in total. The van der Waals surface area contributed by atoms with Crippen molar-refractivity contribution in [1.29, 1.82) is 0 Å². The number of benzene rings is 2. The summed E-state index contributed by atoms with van der Waals surface area (Å²) in [6.07, 6.45) is 2.51. The van der Waals surface area contributed by atoms with Gasteiger partial charge in [0.2, 0.25) is 5.96 Å². The lowest BCUT2D eigenvalue weighted by Crippen LogP contribution is -2.33. The molecule has 1 heterocycles. The van der Waals surface area contributed by atoms with E-state index in [2.05, 4.69) is 15.0 Å². The monoisotopic (exact) mass is 331 g/mol. The van der Waals surface area contributed by atoms with Gasteiger partial charge >= 0.3 is 0 Å². The first-order valence-corrected chi connectivity index (χ1v) is 8.32. The third kappa shape index (κ3) is 3.03. The molecule has 0 aromatic heterocycles. The zero-order chi connectivity index (χ0) is 15.8. The highest BCUT2D eigenvalue weighted by atomic mass is 32.2. The van der Waals surface area contributed by atoms with Gasteiger partial charge in [-0.3, -0.25) is 0 Å². The maximum absolute atomic E-state index is 14.1. The summed E-state index contributed by atoms with van der Waals surface area (Å²) < 4.78 is 32.1. The summed E-state index contributed by atoms with van der Waals surface area (Å²) in [7, 11) is 0. The lowest BCUT2D eigenvalue weighted by molar-refractivity contribution is 0.603. The molecular weight excluding hydrogens is 316 g/mol. The van der Waals surface area contributed by atoms with E-state index >= 15 is 0 Å². The summed E-state index contributed by atoms with van der Waals surface area (Å²) in [4.78, 5) is 0.892. The Balaban J connectivity index is 1.67. The highest BCUT2D eigenvalue weighted by molar-refractivity contribution is 7.98. The predicted octanol–water partition coefficient (Wildman–Crippen LogP) is 4.42. The molecule has 3 nitrogen and oxygen atoms in total. The minimum absolute atomic E-state index is 0.249. The van der Waals surface area contributed by atoms with Gasteiger partial charge in [-0.1, -0.05) is 12.1 Å². The van der Waals surface area contributed by atoms with E-state index in [9.17, 15) is 8.78 Å². The van der Waals surface area contributed by atoms with Crippen LogP contribution < -0.4 is 10.6 Å². The fourth-order valence-electron chi connectivity index (χ4n) is 2.54. The Kier molecular flexibility index (Phi) is 3.69. The Morgan fingerprint density at radius 1 is 1.17 bits per heavy atom.